The lowest BCUT2D eigenvalue weighted by Gasteiger charge is -2.38. The van der Waals surface area contributed by atoms with Crippen LogP contribution in [0.3, 0.4) is 0 Å². The minimum Gasteiger partial charge on any atom is -0.456 e. The summed E-state index contributed by atoms with van der Waals surface area (Å²) in [6.07, 6.45) is 0. The van der Waals surface area contributed by atoms with Gasteiger partial charge in [0.1, 0.15) is 11.5 Å². The molecule has 0 amide bonds. The molecule has 5 rings (SSSR count). The largest absolute Gasteiger partial charge is 0.456 e. The molecule has 1 spiro atoms. The second-order valence-corrected chi connectivity index (χ2v) is 7.56. The molecule has 0 saturated carbocycles. The van der Waals surface area contributed by atoms with Crippen molar-refractivity contribution in [2.45, 2.75) is 19.4 Å². The fraction of sp³-hybridized carbons (Fsp3) is 0.208. The molecule has 5 heteroatoms. The molecule has 146 valence electrons. The van der Waals surface area contributed by atoms with Gasteiger partial charge < -0.3 is 14.4 Å². The number of fused-ring (bicyclic) bond motifs is 6. The average Bonchev–Trinajstić information content (AvgIpc) is 3.05. The molecule has 2 aliphatic rings. The predicted molar refractivity (Wildman–Crippen MR) is 113 cm³/mol. The van der Waals surface area contributed by atoms with Crippen molar-refractivity contribution in [1.82, 2.24) is 0 Å². The summed E-state index contributed by atoms with van der Waals surface area (Å²) >= 11 is 6.53. The van der Waals surface area contributed by atoms with E-state index >= 15 is 0 Å². The Morgan fingerprint density at radius 2 is 1.48 bits per heavy atom. The van der Waals surface area contributed by atoms with Crippen LogP contribution in [0.4, 0.5) is 5.69 Å². The summed E-state index contributed by atoms with van der Waals surface area (Å²) in [5.74, 6) is 0.945. The highest BCUT2D eigenvalue weighted by Crippen LogP contribution is 2.58. The third kappa shape index (κ3) is 2.36. The van der Waals surface area contributed by atoms with Crippen molar-refractivity contribution in [3.05, 3.63) is 87.9 Å². The Morgan fingerprint density at radius 1 is 0.897 bits per heavy atom. The highest BCUT2D eigenvalue weighted by molar-refractivity contribution is 6.34. The Morgan fingerprint density at radius 3 is 2.07 bits per heavy atom. The minimum absolute atomic E-state index is 0.402. The Kier molecular flexibility index (Phi) is 4.07. The number of rotatable bonds is 3. The molecule has 3 aromatic rings. The summed E-state index contributed by atoms with van der Waals surface area (Å²) in [5.41, 5.74) is 2.69. The van der Waals surface area contributed by atoms with Crippen molar-refractivity contribution in [1.29, 1.82) is 0 Å². The van der Waals surface area contributed by atoms with Crippen LogP contribution in [0.15, 0.2) is 60.7 Å². The zero-order valence-electron chi connectivity index (χ0n) is 16.2. The molecular weight excluding hydrogens is 386 g/mol. The molecule has 0 bridgehead atoms. The van der Waals surface area contributed by atoms with Gasteiger partial charge in [0.2, 0.25) is 0 Å². The second kappa shape index (κ2) is 6.53. The fourth-order valence-corrected chi connectivity index (χ4v) is 4.76. The summed E-state index contributed by atoms with van der Waals surface area (Å²) in [6.45, 7) is 5.80. The zero-order chi connectivity index (χ0) is 20.2. The number of halogens is 1. The maximum absolute atomic E-state index is 13.2. The first-order valence-electron chi connectivity index (χ1n) is 9.80. The molecule has 2 aliphatic heterocycles. The number of hydrogen-bond acceptors (Lipinski definition) is 4. The number of ether oxygens (including phenoxy) is 2. The van der Waals surface area contributed by atoms with Crippen molar-refractivity contribution in [2.24, 2.45) is 0 Å². The van der Waals surface area contributed by atoms with Crippen molar-refractivity contribution in [2.75, 3.05) is 18.0 Å². The number of anilines is 1. The minimum atomic E-state index is -1.10. The third-order valence-corrected chi connectivity index (χ3v) is 6.11. The summed E-state index contributed by atoms with van der Waals surface area (Å²) in [5, 5.41) is 0.402. The number of para-hydroxylation sites is 2. The molecule has 0 aromatic heterocycles. The van der Waals surface area contributed by atoms with E-state index in [9.17, 15) is 4.79 Å². The topological polar surface area (TPSA) is 38.8 Å². The fourth-order valence-electron chi connectivity index (χ4n) is 4.53. The van der Waals surface area contributed by atoms with Gasteiger partial charge in [0.25, 0.3) is 0 Å². The van der Waals surface area contributed by atoms with E-state index < -0.39 is 11.6 Å². The monoisotopic (exact) mass is 405 g/mol. The normalized spacial score (nSPS) is 15.2. The standard InChI is InChI=1S/C24H20ClNO3/c1-3-26(4-2)18-14-13-17(25)21-22(18)24(29-23(21)27)15-9-5-7-11-19(15)28-20-12-8-6-10-16(20)24/h5-14H,3-4H2,1-2H3. The van der Waals surface area contributed by atoms with E-state index in [4.69, 9.17) is 21.1 Å². The summed E-state index contributed by atoms with van der Waals surface area (Å²) < 4.78 is 12.4. The van der Waals surface area contributed by atoms with E-state index in [-0.39, 0.29) is 0 Å². The van der Waals surface area contributed by atoms with E-state index in [1.165, 1.54) is 0 Å². The van der Waals surface area contributed by atoms with Crippen LogP contribution in [-0.4, -0.2) is 19.1 Å². The second-order valence-electron chi connectivity index (χ2n) is 7.15. The van der Waals surface area contributed by atoms with Gasteiger partial charge in [-0.15, -0.1) is 0 Å². The van der Waals surface area contributed by atoms with Gasteiger partial charge in [0.15, 0.2) is 5.60 Å². The van der Waals surface area contributed by atoms with E-state index in [0.717, 1.165) is 35.5 Å². The van der Waals surface area contributed by atoms with E-state index in [0.29, 0.717) is 22.1 Å². The van der Waals surface area contributed by atoms with Gasteiger partial charge in [-0.1, -0.05) is 48.0 Å². The SMILES string of the molecule is CCN(CC)c1ccc(Cl)c2c1C1(OC2=O)c2ccccc2Oc2ccccc21. The van der Waals surface area contributed by atoms with Crippen LogP contribution < -0.4 is 9.64 Å². The number of esters is 1. The van der Waals surface area contributed by atoms with E-state index in [1.54, 1.807) is 6.07 Å². The highest BCUT2D eigenvalue weighted by atomic mass is 35.5. The number of nitrogens with zero attached hydrogens (tertiary/aromatic N) is 1. The van der Waals surface area contributed by atoms with Crippen LogP contribution >= 0.6 is 11.6 Å². The molecule has 0 atom stereocenters. The molecular formula is C24H20ClNO3. The van der Waals surface area contributed by atoms with Crippen LogP contribution in [0.25, 0.3) is 0 Å². The van der Waals surface area contributed by atoms with E-state index in [1.807, 2.05) is 54.6 Å². The maximum Gasteiger partial charge on any atom is 0.341 e. The number of carbonyl (C=O) groups is 1. The molecule has 0 N–H and O–H groups in total. The number of benzene rings is 3. The van der Waals surface area contributed by atoms with Gasteiger partial charge in [0.05, 0.1) is 10.6 Å². The molecule has 29 heavy (non-hydrogen) atoms. The summed E-state index contributed by atoms with van der Waals surface area (Å²) in [6, 6.07) is 19.2. The average molecular weight is 406 g/mol. The lowest BCUT2D eigenvalue weighted by Crippen LogP contribution is -2.35. The van der Waals surface area contributed by atoms with Crippen molar-refractivity contribution >= 4 is 23.3 Å². The first kappa shape index (κ1) is 18.1. The first-order valence-corrected chi connectivity index (χ1v) is 10.2. The maximum atomic E-state index is 13.2. The molecule has 0 fully saturated rings. The first-order chi connectivity index (χ1) is 14.1. The lowest BCUT2D eigenvalue weighted by molar-refractivity contribution is 0.0225. The quantitative estimate of drug-likeness (QED) is 0.520. The van der Waals surface area contributed by atoms with Gasteiger partial charge in [-0.25, -0.2) is 4.79 Å². The van der Waals surface area contributed by atoms with Crippen LogP contribution in [0, 0.1) is 0 Å². The Hall–Kier alpha value is -2.98. The number of carbonyl (C=O) groups excluding carboxylic acids is 1. The van der Waals surface area contributed by atoms with Gasteiger partial charge in [-0.05, 0) is 38.1 Å². The van der Waals surface area contributed by atoms with Gasteiger partial charge in [-0.3, -0.25) is 0 Å². The van der Waals surface area contributed by atoms with Crippen molar-refractivity contribution in [3.8, 4) is 11.5 Å². The molecule has 0 aliphatic carbocycles. The molecule has 4 nitrogen and oxygen atoms in total. The molecule has 0 saturated heterocycles. The van der Waals surface area contributed by atoms with Gasteiger partial charge >= 0.3 is 5.97 Å². The van der Waals surface area contributed by atoms with Crippen LogP contribution in [-0.2, 0) is 10.3 Å². The Balaban J connectivity index is 1.94. The Labute approximate surface area is 174 Å². The van der Waals surface area contributed by atoms with E-state index in [2.05, 4.69) is 18.7 Å². The Bertz CT molecular complexity index is 1090. The molecule has 0 unspecified atom stereocenters. The number of hydrogen-bond donors (Lipinski definition) is 0. The highest BCUT2D eigenvalue weighted by Gasteiger charge is 2.55. The smallest absolute Gasteiger partial charge is 0.341 e. The third-order valence-electron chi connectivity index (χ3n) is 5.79. The molecule has 0 radical (unpaired) electrons. The molecule has 2 heterocycles. The predicted octanol–water partition coefficient (Wildman–Crippen LogP) is 5.75. The van der Waals surface area contributed by atoms with Crippen LogP contribution in [0.5, 0.6) is 11.5 Å². The zero-order valence-corrected chi connectivity index (χ0v) is 17.0. The van der Waals surface area contributed by atoms with Crippen molar-refractivity contribution in [3.63, 3.8) is 0 Å². The van der Waals surface area contributed by atoms with Crippen LogP contribution in [0.2, 0.25) is 5.02 Å². The van der Waals surface area contributed by atoms with Crippen molar-refractivity contribution < 1.29 is 14.3 Å². The van der Waals surface area contributed by atoms with Gasteiger partial charge in [0, 0.05) is 35.5 Å². The summed E-state index contributed by atoms with van der Waals surface area (Å²) in [7, 11) is 0. The van der Waals surface area contributed by atoms with Gasteiger partial charge in [-0.2, -0.15) is 0 Å². The van der Waals surface area contributed by atoms with Crippen LogP contribution in [0.1, 0.15) is 40.9 Å². The molecule has 3 aromatic carbocycles. The summed E-state index contributed by atoms with van der Waals surface area (Å²) in [4.78, 5) is 15.4. The lowest BCUT2D eigenvalue weighted by atomic mass is 9.76.